The van der Waals surface area contributed by atoms with Crippen LogP contribution in [0.2, 0.25) is 0 Å². The molecule has 16 heavy (non-hydrogen) atoms. The Morgan fingerprint density at radius 3 is 3.25 bits per heavy atom. The Labute approximate surface area is 96.6 Å². The second-order valence-corrected chi connectivity index (χ2v) is 4.86. The van der Waals surface area contributed by atoms with Crippen molar-refractivity contribution in [2.75, 3.05) is 20.2 Å². The summed E-state index contributed by atoms with van der Waals surface area (Å²) in [7, 11) is 1.65. The second-order valence-electron chi connectivity index (χ2n) is 3.87. The molecule has 6 nitrogen and oxygen atoms in total. The van der Waals surface area contributed by atoms with Crippen LogP contribution < -0.4 is 5.32 Å². The summed E-state index contributed by atoms with van der Waals surface area (Å²) >= 11 is 1.62. The highest BCUT2D eigenvalue weighted by Gasteiger charge is 2.22. The topological polar surface area (TPSA) is 64.3 Å². The SMILES string of the molecule is COCc1nnc2sc(C3CCNC3)nn12. The Morgan fingerprint density at radius 2 is 2.50 bits per heavy atom. The molecular formula is C9H13N5OS. The highest BCUT2D eigenvalue weighted by Crippen LogP contribution is 2.26. The lowest BCUT2D eigenvalue weighted by molar-refractivity contribution is 0.176. The summed E-state index contributed by atoms with van der Waals surface area (Å²) in [5.74, 6) is 1.30. The van der Waals surface area contributed by atoms with Gasteiger partial charge in [-0.2, -0.15) is 9.61 Å². The highest BCUT2D eigenvalue weighted by molar-refractivity contribution is 7.16. The minimum absolute atomic E-state index is 0.452. The molecule has 0 aliphatic carbocycles. The van der Waals surface area contributed by atoms with Crippen LogP contribution in [-0.4, -0.2) is 40.0 Å². The van der Waals surface area contributed by atoms with E-state index >= 15 is 0 Å². The molecule has 0 amide bonds. The molecule has 1 unspecified atom stereocenters. The zero-order valence-corrected chi connectivity index (χ0v) is 9.83. The van der Waals surface area contributed by atoms with Crippen molar-refractivity contribution >= 4 is 16.3 Å². The Balaban J connectivity index is 1.95. The van der Waals surface area contributed by atoms with Gasteiger partial charge in [-0.1, -0.05) is 11.3 Å². The van der Waals surface area contributed by atoms with Gasteiger partial charge in [-0.25, -0.2) is 0 Å². The number of nitrogens with zero attached hydrogens (tertiary/aromatic N) is 4. The standard InChI is InChI=1S/C9H13N5OS/c1-15-5-7-11-12-9-14(7)13-8(16-9)6-2-3-10-4-6/h6,10H,2-5H2,1H3. The third-order valence-electron chi connectivity index (χ3n) is 2.75. The Kier molecular flexibility index (Phi) is 2.58. The van der Waals surface area contributed by atoms with Gasteiger partial charge in [0.1, 0.15) is 11.6 Å². The summed E-state index contributed by atoms with van der Waals surface area (Å²) in [6, 6.07) is 0. The molecule has 1 saturated heterocycles. The van der Waals surface area contributed by atoms with Crippen molar-refractivity contribution in [1.82, 2.24) is 25.1 Å². The Hall–Kier alpha value is -1.05. The minimum Gasteiger partial charge on any atom is -0.377 e. The third kappa shape index (κ3) is 1.60. The number of nitrogens with one attached hydrogen (secondary N) is 1. The van der Waals surface area contributed by atoms with Gasteiger partial charge in [0.05, 0.1) is 0 Å². The molecule has 0 aromatic carbocycles. The number of methoxy groups -OCH3 is 1. The Morgan fingerprint density at radius 1 is 1.56 bits per heavy atom. The van der Waals surface area contributed by atoms with E-state index in [9.17, 15) is 0 Å². The third-order valence-corrected chi connectivity index (χ3v) is 3.82. The van der Waals surface area contributed by atoms with Crippen LogP contribution in [-0.2, 0) is 11.3 Å². The Bertz CT molecular complexity index is 487. The largest absolute Gasteiger partial charge is 0.377 e. The smallest absolute Gasteiger partial charge is 0.234 e. The number of hydrogen-bond acceptors (Lipinski definition) is 6. The van der Waals surface area contributed by atoms with E-state index < -0.39 is 0 Å². The maximum atomic E-state index is 5.06. The van der Waals surface area contributed by atoms with E-state index in [4.69, 9.17) is 4.74 Å². The molecule has 2 aromatic heterocycles. The van der Waals surface area contributed by atoms with Gasteiger partial charge < -0.3 is 10.1 Å². The van der Waals surface area contributed by atoms with Gasteiger partial charge in [0.25, 0.3) is 0 Å². The molecule has 0 spiro atoms. The lowest BCUT2D eigenvalue weighted by atomic mass is 10.1. The van der Waals surface area contributed by atoms with E-state index in [-0.39, 0.29) is 0 Å². The van der Waals surface area contributed by atoms with Gasteiger partial charge >= 0.3 is 0 Å². The van der Waals surface area contributed by atoms with Crippen LogP contribution in [0.5, 0.6) is 0 Å². The maximum absolute atomic E-state index is 5.06. The van der Waals surface area contributed by atoms with Crippen LogP contribution in [0.3, 0.4) is 0 Å². The molecular weight excluding hydrogens is 226 g/mol. The number of hydrogen-bond donors (Lipinski definition) is 1. The van der Waals surface area contributed by atoms with E-state index in [1.54, 1.807) is 23.0 Å². The summed E-state index contributed by atoms with van der Waals surface area (Å²) in [5, 5.41) is 17.2. The lowest BCUT2D eigenvalue weighted by Crippen LogP contribution is -2.08. The van der Waals surface area contributed by atoms with Crippen molar-refractivity contribution in [3.05, 3.63) is 10.8 Å². The van der Waals surface area contributed by atoms with E-state index in [0.29, 0.717) is 12.5 Å². The van der Waals surface area contributed by atoms with Gasteiger partial charge in [0, 0.05) is 19.6 Å². The first kappa shape index (κ1) is 10.1. The number of rotatable bonds is 3. The molecule has 1 aliphatic heterocycles. The predicted molar refractivity (Wildman–Crippen MR) is 59.6 cm³/mol. The maximum Gasteiger partial charge on any atom is 0.234 e. The predicted octanol–water partition coefficient (Wildman–Crippen LogP) is 0.409. The first-order chi connectivity index (χ1) is 7.88. The van der Waals surface area contributed by atoms with Crippen molar-refractivity contribution in [2.45, 2.75) is 18.9 Å². The molecule has 86 valence electrons. The molecule has 1 fully saturated rings. The van der Waals surface area contributed by atoms with E-state index in [0.717, 1.165) is 35.3 Å². The molecule has 1 aliphatic rings. The van der Waals surface area contributed by atoms with E-state index in [1.807, 2.05) is 0 Å². The number of fused-ring (bicyclic) bond motifs is 1. The zero-order valence-electron chi connectivity index (χ0n) is 9.01. The second kappa shape index (κ2) is 4.08. The van der Waals surface area contributed by atoms with Gasteiger partial charge in [-0.05, 0) is 13.0 Å². The lowest BCUT2D eigenvalue weighted by Gasteiger charge is -2.00. The molecule has 1 atom stereocenters. The molecule has 7 heteroatoms. The number of ether oxygens (including phenoxy) is 1. The molecule has 0 saturated carbocycles. The molecule has 3 rings (SSSR count). The van der Waals surface area contributed by atoms with Crippen LogP contribution in [0.15, 0.2) is 0 Å². The van der Waals surface area contributed by atoms with Crippen molar-refractivity contribution in [3.63, 3.8) is 0 Å². The van der Waals surface area contributed by atoms with Crippen LogP contribution in [0.25, 0.3) is 4.96 Å². The summed E-state index contributed by atoms with van der Waals surface area (Å²) < 4.78 is 6.85. The van der Waals surface area contributed by atoms with Crippen LogP contribution >= 0.6 is 11.3 Å². The van der Waals surface area contributed by atoms with Crippen LogP contribution in [0.1, 0.15) is 23.2 Å². The average Bonchev–Trinajstić information content (AvgIpc) is 2.93. The molecule has 3 heterocycles. The van der Waals surface area contributed by atoms with Crippen molar-refractivity contribution in [3.8, 4) is 0 Å². The summed E-state index contributed by atoms with van der Waals surface area (Å²) in [6.45, 7) is 2.55. The van der Waals surface area contributed by atoms with Crippen LogP contribution in [0.4, 0.5) is 0 Å². The fraction of sp³-hybridized carbons (Fsp3) is 0.667. The minimum atomic E-state index is 0.452. The summed E-state index contributed by atoms with van der Waals surface area (Å²) in [4.78, 5) is 0.856. The van der Waals surface area contributed by atoms with Gasteiger partial charge in [-0.15, -0.1) is 10.2 Å². The first-order valence-electron chi connectivity index (χ1n) is 5.29. The fourth-order valence-corrected chi connectivity index (χ4v) is 2.91. The average molecular weight is 239 g/mol. The van der Waals surface area contributed by atoms with Gasteiger partial charge in [0.2, 0.25) is 4.96 Å². The van der Waals surface area contributed by atoms with Crippen molar-refractivity contribution in [1.29, 1.82) is 0 Å². The summed E-state index contributed by atoms with van der Waals surface area (Å²) in [6.07, 6.45) is 1.16. The number of aromatic nitrogens is 4. The molecule has 1 N–H and O–H groups in total. The fourth-order valence-electron chi connectivity index (χ4n) is 1.92. The first-order valence-corrected chi connectivity index (χ1v) is 6.11. The van der Waals surface area contributed by atoms with E-state index in [2.05, 4.69) is 20.6 Å². The van der Waals surface area contributed by atoms with Crippen molar-refractivity contribution < 1.29 is 4.74 Å². The molecule has 0 bridgehead atoms. The normalized spacial score (nSPS) is 20.9. The monoisotopic (exact) mass is 239 g/mol. The van der Waals surface area contributed by atoms with Gasteiger partial charge in [-0.3, -0.25) is 0 Å². The molecule has 2 aromatic rings. The van der Waals surface area contributed by atoms with Crippen molar-refractivity contribution in [2.24, 2.45) is 0 Å². The zero-order chi connectivity index (χ0) is 11.0. The molecule has 0 radical (unpaired) electrons. The van der Waals surface area contributed by atoms with Gasteiger partial charge in [0.15, 0.2) is 5.82 Å². The summed E-state index contributed by atoms with van der Waals surface area (Å²) in [5.41, 5.74) is 0. The van der Waals surface area contributed by atoms with Crippen LogP contribution in [0, 0.1) is 0 Å². The van der Waals surface area contributed by atoms with E-state index in [1.165, 1.54) is 0 Å². The quantitative estimate of drug-likeness (QED) is 0.840. The highest BCUT2D eigenvalue weighted by atomic mass is 32.1.